The Hall–Kier alpha value is -1.76. The molecule has 0 bridgehead atoms. The lowest BCUT2D eigenvalue weighted by atomic mass is 10.0. The smallest absolute Gasteiger partial charge is 0.203 e. The Kier molecular flexibility index (Phi) is 4.62. The van der Waals surface area contributed by atoms with Crippen molar-refractivity contribution in [2.24, 2.45) is 0 Å². The van der Waals surface area contributed by atoms with Crippen molar-refractivity contribution in [3.8, 4) is 6.07 Å². The van der Waals surface area contributed by atoms with E-state index in [2.05, 4.69) is 18.3 Å². The van der Waals surface area contributed by atoms with Crippen LogP contribution in [0, 0.1) is 11.3 Å². The zero-order valence-corrected chi connectivity index (χ0v) is 11.4. The molecule has 0 saturated carbocycles. The minimum atomic E-state index is 0.217. The number of rotatable bonds is 5. The summed E-state index contributed by atoms with van der Waals surface area (Å²) >= 11 is 6.00. The summed E-state index contributed by atoms with van der Waals surface area (Å²) in [6.45, 7) is 2.70. The van der Waals surface area contributed by atoms with Crippen LogP contribution >= 0.6 is 11.6 Å². The molecule has 2 aromatic rings. The first kappa shape index (κ1) is 13.7. The molecule has 19 heavy (non-hydrogen) atoms. The molecule has 0 fully saturated rings. The van der Waals surface area contributed by atoms with Gasteiger partial charge in [0.25, 0.3) is 0 Å². The molecular weight excluding hydrogens is 260 g/mol. The van der Waals surface area contributed by atoms with E-state index in [-0.39, 0.29) is 6.04 Å². The molecule has 0 saturated heterocycles. The molecule has 0 spiro atoms. The Morgan fingerprint density at radius 2 is 2.21 bits per heavy atom. The van der Waals surface area contributed by atoms with Crippen LogP contribution in [0.3, 0.4) is 0 Å². The van der Waals surface area contributed by atoms with Crippen LogP contribution in [-0.4, -0.2) is 0 Å². The van der Waals surface area contributed by atoms with Gasteiger partial charge in [0.1, 0.15) is 11.8 Å². The lowest BCUT2D eigenvalue weighted by Gasteiger charge is -2.16. The number of benzene rings is 1. The molecule has 4 heteroatoms. The normalized spacial score (nSPS) is 12.1. The van der Waals surface area contributed by atoms with Gasteiger partial charge in [-0.2, -0.15) is 5.26 Å². The van der Waals surface area contributed by atoms with Gasteiger partial charge in [-0.05, 0) is 36.2 Å². The number of hydrogen-bond acceptors (Lipinski definition) is 3. The van der Waals surface area contributed by atoms with Gasteiger partial charge in [0.2, 0.25) is 5.76 Å². The average molecular weight is 275 g/mol. The largest absolute Gasteiger partial charge is 0.449 e. The summed E-state index contributed by atoms with van der Waals surface area (Å²) in [7, 11) is 0. The van der Waals surface area contributed by atoms with Crippen LogP contribution in [0.1, 0.15) is 36.5 Å². The van der Waals surface area contributed by atoms with Crippen LogP contribution in [-0.2, 0) is 6.54 Å². The molecule has 1 unspecified atom stereocenters. The fraction of sp³-hybridized carbons (Fsp3) is 0.267. The zero-order chi connectivity index (χ0) is 13.7. The van der Waals surface area contributed by atoms with E-state index in [0.29, 0.717) is 12.3 Å². The van der Waals surface area contributed by atoms with Crippen LogP contribution in [0.15, 0.2) is 40.8 Å². The maximum atomic E-state index is 8.70. The highest BCUT2D eigenvalue weighted by molar-refractivity contribution is 6.30. The van der Waals surface area contributed by atoms with E-state index in [0.717, 1.165) is 22.8 Å². The zero-order valence-electron chi connectivity index (χ0n) is 10.7. The lowest BCUT2D eigenvalue weighted by molar-refractivity contribution is 0.438. The van der Waals surface area contributed by atoms with Gasteiger partial charge in [-0.15, -0.1) is 0 Å². The van der Waals surface area contributed by atoms with Crippen LogP contribution in [0.5, 0.6) is 0 Å². The summed E-state index contributed by atoms with van der Waals surface area (Å²) in [5, 5.41) is 12.8. The standard InChI is InChI=1S/C15H15ClN2O/c1-2-15(11-4-3-5-12(16)8-11)18-10-14-7-6-13(9-17)19-14/h3-8,15,18H,2,10H2,1H3. The van der Waals surface area contributed by atoms with Crippen molar-refractivity contribution in [2.75, 3.05) is 0 Å². The van der Waals surface area contributed by atoms with E-state index < -0.39 is 0 Å². The van der Waals surface area contributed by atoms with E-state index in [1.807, 2.05) is 30.3 Å². The van der Waals surface area contributed by atoms with Crippen molar-refractivity contribution in [3.05, 3.63) is 58.5 Å². The van der Waals surface area contributed by atoms with Crippen LogP contribution in [0.25, 0.3) is 0 Å². The number of hydrogen-bond donors (Lipinski definition) is 1. The van der Waals surface area contributed by atoms with E-state index >= 15 is 0 Å². The topological polar surface area (TPSA) is 49.0 Å². The van der Waals surface area contributed by atoms with Gasteiger partial charge in [0.05, 0.1) is 6.54 Å². The molecule has 0 aliphatic carbocycles. The van der Waals surface area contributed by atoms with E-state index in [9.17, 15) is 0 Å². The summed E-state index contributed by atoms with van der Waals surface area (Å²) in [5.41, 5.74) is 1.15. The second-order valence-electron chi connectivity index (χ2n) is 4.27. The molecule has 98 valence electrons. The van der Waals surface area contributed by atoms with Gasteiger partial charge in [-0.25, -0.2) is 0 Å². The Morgan fingerprint density at radius 3 is 2.84 bits per heavy atom. The highest BCUT2D eigenvalue weighted by atomic mass is 35.5. The molecule has 1 atom stereocenters. The summed E-state index contributed by atoms with van der Waals surface area (Å²) in [4.78, 5) is 0. The minimum absolute atomic E-state index is 0.217. The Labute approximate surface area is 117 Å². The first-order chi connectivity index (χ1) is 9.22. The third-order valence-corrected chi connectivity index (χ3v) is 3.19. The van der Waals surface area contributed by atoms with Crippen molar-refractivity contribution < 1.29 is 4.42 Å². The molecule has 0 amide bonds. The van der Waals surface area contributed by atoms with Crippen LogP contribution < -0.4 is 5.32 Å². The lowest BCUT2D eigenvalue weighted by Crippen LogP contribution is -2.19. The van der Waals surface area contributed by atoms with Crippen molar-refractivity contribution in [1.82, 2.24) is 5.32 Å². The number of nitriles is 1. The second kappa shape index (κ2) is 6.42. The summed E-state index contributed by atoms with van der Waals surface area (Å²) in [6, 6.07) is 13.5. The quantitative estimate of drug-likeness (QED) is 0.895. The summed E-state index contributed by atoms with van der Waals surface area (Å²) < 4.78 is 5.34. The Balaban J connectivity index is 2.02. The van der Waals surface area contributed by atoms with Gasteiger partial charge in [-0.1, -0.05) is 30.7 Å². The second-order valence-corrected chi connectivity index (χ2v) is 4.71. The van der Waals surface area contributed by atoms with E-state index in [1.54, 1.807) is 6.07 Å². The molecule has 1 heterocycles. The highest BCUT2D eigenvalue weighted by Gasteiger charge is 2.10. The Morgan fingerprint density at radius 1 is 1.37 bits per heavy atom. The minimum Gasteiger partial charge on any atom is -0.449 e. The van der Waals surface area contributed by atoms with Gasteiger partial charge >= 0.3 is 0 Å². The van der Waals surface area contributed by atoms with Gasteiger partial charge in [0.15, 0.2) is 0 Å². The predicted molar refractivity (Wildman–Crippen MR) is 74.7 cm³/mol. The first-order valence-corrected chi connectivity index (χ1v) is 6.58. The fourth-order valence-electron chi connectivity index (χ4n) is 1.98. The van der Waals surface area contributed by atoms with Crippen LogP contribution in [0.2, 0.25) is 5.02 Å². The van der Waals surface area contributed by atoms with Gasteiger partial charge in [-0.3, -0.25) is 0 Å². The predicted octanol–water partition coefficient (Wildman–Crippen LogP) is 4.05. The van der Waals surface area contributed by atoms with Crippen molar-refractivity contribution >= 4 is 11.6 Å². The molecule has 0 radical (unpaired) electrons. The fourth-order valence-corrected chi connectivity index (χ4v) is 2.18. The van der Waals surface area contributed by atoms with Crippen LogP contribution in [0.4, 0.5) is 0 Å². The number of furan rings is 1. The monoisotopic (exact) mass is 274 g/mol. The first-order valence-electron chi connectivity index (χ1n) is 6.20. The Bertz CT molecular complexity index is 586. The highest BCUT2D eigenvalue weighted by Crippen LogP contribution is 2.21. The average Bonchev–Trinajstić information content (AvgIpc) is 2.87. The maximum absolute atomic E-state index is 8.70. The summed E-state index contributed by atoms with van der Waals surface area (Å²) in [6.07, 6.45) is 0.951. The molecule has 2 rings (SSSR count). The molecule has 0 aliphatic rings. The van der Waals surface area contributed by atoms with E-state index in [1.165, 1.54) is 0 Å². The molecule has 1 N–H and O–H groups in total. The van der Waals surface area contributed by atoms with Crippen molar-refractivity contribution in [3.63, 3.8) is 0 Å². The SMILES string of the molecule is CCC(NCc1ccc(C#N)o1)c1cccc(Cl)c1. The third-order valence-electron chi connectivity index (χ3n) is 2.95. The van der Waals surface area contributed by atoms with Crippen molar-refractivity contribution in [2.45, 2.75) is 25.9 Å². The summed E-state index contributed by atoms with van der Waals surface area (Å²) in [5.74, 6) is 1.10. The maximum Gasteiger partial charge on any atom is 0.203 e. The van der Waals surface area contributed by atoms with E-state index in [4.69, 9.17) is 21.3 Å². The third kappa shape index (κ3) is 3.60. The van der Waals surface area contributed by atoms with Crippen molar-refractivity contribution in [1.29, 1.82) is 5.26 Å². The molecule has 0 aliphatic heterocycles. The number of halogens is 1. The van der Waals surface area contributed by atoms with Gasteiger partial charge < -0.3 is 9.73 Å². The van der Waals surface area contributed by atoms with Gasteiger partial charge in [0, 0.05) is 11.1 Å². The number of nitrogens with zero attached hydrogens (tertiary/aromatic N) is 1. The molecule has 3 nitrogen and oxygen atoms in total. The molecular formula is C15H15ClN2O. The molecule has 1 aromatic carbocycles. The number of nitrogens with one attached hydrogen (secondary N) is 1. The molecule has 1 aromatic heterocycles.